The minimum Gasteiger partial charge on any atom is -0.343 e. The van der Waals surface area contributed by atoms with E-state index in [9.17, 15) is 0 Å². The van der Waals surface area contributed by atoms with E-state index in [4.69, 9.17) is 0 Å². The number of hydrogen-bond acceptors (Lipinski definition) is 1. The maximum atomic E-state index is 2.32. The van der Waals surface area contributed by atoms with E-state index >= 15 is 0 Å². The second kappa shape index (κ2) is 4.49. The molecular formula is C20H17N. The first-order valence-corrected chi connectivity index (χ1v) is 7.29. The number of allylic oxidation sites excluding steroid dienone is 1. The van der Waals surface area contributed by atoms with Crippen molar-refractivity contribution in [3.05, 3.63) is 77.9 Å². The van der Waals surface area contributed by atoms with Crippen LogP contribution < -0.4 is 4.90 Å². The Bertz CT molecular complexity index is 854. The van der Waals surface area contributed by atoms with E-state index in [0.29, 0.717) is 0 Å². The monoisotopic (exact) mass is 271 g/mol. The first-order valence-electron chi connectivity index (χ1n) is 7.29. The molecule has 4 rings (SSSR count). The minimum atomic E-state index is 1.27. The highest BCUT2D eigenvalue weighted by atomic mass is 15.1. The van der Waals surface area contributed by atoms with Crippen LogP contribution in [0.25, 0.3) is 22.0 Å². The highest BCUT2D eigenvalue weighted by Gasteiger charge is 2.22. The molecule has 0 amide bonds. The van der Waals surface area contributed by atoms with Gasteiger partial charge in [-0.15, -0.1) is 0 Å². The van der Waals surface area contributed by atoms with Crippen LogP contribution in [0.2, 0.25) is 0 Å². The maximum Gasteiger partial charge on any atom is 0.0517 e. The Balaban J connectivity index is 2.09. The Labute approximate surface area is 125 Å². The van der Waals surface area contributed by atoms with Gasteiger partial charge >= 0.3 is 0 Å². The molecule has 1 aliphatic rings. The molecule has 1 heterocycles. The molecule has 3 aromatic rings. The molecule has 0 unspecified atom stereocenters. The van der Waals surface area contributed by atoms with Crippen molar-refractivity contribution >= 4 is 27.7 Å². The van der Waals surface area contributed by atoms with Gasteiger partial charge in [0.25, 0.3) is 0 Å². The van der Waals surface area contributed by atoms with Gasteiger partial charge in [0, 0.05) is 18.1 Å². The second-order valence-corrected chi connectivity index (χ2v) is 5.58. The SMILES string of the molecule is CC1=C(c2ccccc2)N(C)c2cccc3cccc1c23. The molecule has 0 radical (unpaired) electrons. The molecule has 1 aliphatic heterocycles. The number of rotatable bonds is 1. The summed E-state index contributed by atoms with van der Waals surface area (Å²) in [7, 11) is 2.16. The summed E-state index contributed by atoms with van der Waals surface area (Å²) in [6, 6.07) is 23.8. The molecule has 102 valence electrons. The largest absolute Gasteiger partial charge is 0.343 e. The molecule has 0 N–H and O–H groups in total. The fraction of sp³-hybridized carbons (Fsp3) is 0.100. The number of anilines is 1. The summed E-state index contributed by atoms with van der Waals surface area (Å²) < 4.78 is 0. The van der Waals surface area contributed by atoms with E-state index in [0.717, 1.165) is 0 Å². The molecule has 3 aromatic carbocycles. The molecule has 0 aromatic heterocycles. The average molecular weight is 271 g/mol. The van der Waals surface area contributed by atoms with Crippen LogP contribution in [-0.4, -0.2) is 7.05 Å². The highest BCUT2D eigenvalue weighted by molar-refractivity contribution is 6.13. The van der Waals surface area contributed by atoms with Crippen molar-refractivity contribution in [3.8, 4) is 0 Å². The van der Waals surface area contributed by atoms with Crippen molar-refractivity contribution in [2.24, 2.45) is 0 Å². The molecule has 21 heavy (non-hydrogen) atoms. The lowest BCUT2D eigenvalue weighted by Crippen LogP contribution is -2.20. The van der Waals surface area contributed by atoms with Gasteiger partial charge < -0.3 is 4.90 Å². The first-order chi connectivity index (χ1) is 10.3. The van der Waals surface area contributed by atoms with Gasteiger partial charge in [-0.05, 0) is 35.1 Å². The second-order valence-electron chi connectivity index (χ2n) is 5.58. The van der Waals surface area contributed by atoms with E-state index in [-0.39, 0.29) is 0 Å². The summed E-state index contributed by atoms with van der Waals surface area (Å²) in [5, 5.41) is 2.67. The summed E-state index contributed by atoms with van der Waals surface area (Å²) in [4.78, 5) is 2.32. The van der Waals surface area contributed by atoms with E-state index in [2.05, 4.69) is 85.6 Å². The van der Waals surface area contributed by atoms with Gasteiger partial charge in [-0.3, -0.25) is 0 Å². The van der Waals surface area contributed by atoms with E-state index < -0.39 is 0 Å². The molecule has 0 saturated heterocycles. The fourth-order valence-electron chi connectivity index (χ4n) is 3.42. The third-order valence-corrected chi connectivity index (χ3v) is 4.39. The van der Waals surface area contributed by atoms with Crippen molar-refractivity contribution in [1.82, 2.24) is 0 Å². The van der Waals surface area contributed by atoms with Gasteiger partial charge in [-0.1, -0.05) is 60.7 Å². The lowest BCUT2D eigenvalue weighted by Gasteiger charge is -2.32. The number of nitrogens with zero attached hydrogens (tertiary/aromatic N) is 1. The third-order valence-electron chi connectivity index (χ3n) is 4.39. The van der Waals surface area contributed by atoms with Crippen LogP contribution in [0.5, 0.6) is 0 Å². The van der Waals surface area contributed by atoms with E-state index in [1.54, 1.807) is 0 Å². The molecule has 0 saturated carbocycles. The molecular weight excluding hydrogens is 254 g/mol. The van der Waals surface area contributed by atoms with Crippen molar-refractivity contribution in [1.29, 1.82) is 0 Å². The molecule has 0 atom stereocenters. The molecule has 1 nitrogen and oxygen atoms in total. The smallest absolute Gasteiger partial charge is 0.0517 e. The van der Waals surface area contributed by atoms with E-state index in [1.165, 1.54) is 38.9 Å². The van der Waals surface area contributed by atoms with Gasteiger partial charge in [-0.2, -0.15) is 0 Å². The van der Waals surface area contributed by atoms with Gasteiger partial charge in [0.05, 0.1) is 5.70 Å². The topological polar surface area (TPSA) is 3.24 Å². The van der Waals surface area contributed by atoms with Crippen molar-refractivity contribution in [2.75, 3.05) is 11.9 Å². The maximum absolute atomic E-state index is 2.32. The van der Waals surface area contributed by atoms with Crippen molar-refractivity contribution in [2.45, 2.75) is 6.92 Å². The quantitative estimate of drug-likeness (QED) is 0.589. The molecule has 0 aliphatic carbocycles. The summed E-state index contributed by atoms with van der Waals surface area (Å²) in [5.74, 6) is 0. The first kappa shape index (κ1) is 12.2. The Morgan fingerprint density at radius 3 is 2.24 bits per heavy atom. The van der Waals surface area contributed by atoms with Crippen LogP contribution in [0.4, 0.5) is 5.69 Å². The van der Waals surface area contributed by atoms with Crippen molar-refractivity contribution in [3.63, 3.8) is 0 Å². The van der Waals surface area contributed by atoms with Crippen LogP contribution in [0.1, 0.15) is 18.1 Å². The van der Waals surface area contributed by atoms with Crippen LogP contribution in [0.3, 0.4) is 0 Å². The van der Waals surface area contributed by atoms with Crippen LogP contribution >= 0.6 is 0 Å². The minimum absolute atomic E-state index is 1.27. The summed E-state index contributed by atoms with van der Waals surface area (Å²) >= 11 is 0. The fourth-order valence-corrected chi connectivity index (χ4v) is 3.42. The Kier molecular flexibility index (Phi) is 2.61. The zero-order valence-corrected chi connectivity index (χ0v) is 12.3. The molecule has 0 spiro atoms. The van der Waals surface area contributed by atoms with E-state index in [1.807, 2.05) is 0 Å². The standard InChI is InChI=1S/C20H17N/c1-14-17-12-6-10-15-11-7-13-18(19(15)17)21(2)20(14)16-8-4-3-5-9-16/h3-13H,1-2H3. The summed E-state index contributed by atoms with van der Waals surface area (Å²) in [6.45, 7) is 2.23. The molecule has 0 fully saturated rings. The van der Waals surface area contributed by atoms with Crippen LogP contribution in [0.15, 0.2) is 66.7 Å². The predicted molar refractivity (Wildman–Crippen MR) is 91.3 cm³/mol. The zero-order chi connectivity index (χ0) is 14.4. The number of benzene rings is 3. The lowest BCUT2D eigenvalue weighted by molar-refractivity contribution is 1.22. The summed E-state index contributed by atoms with van der Waals surface area (Å²) in [5.41, 5.74) is 6.53. The average Bonchev–Trinajstić information content (AvgIpc) is 2.54. The van der Waals surface area contributed by atoms with Gasteiger partial charge in [0.1, 0.15) is 0 Å². The predicted octanol–water partition coefficient (Wildman–Crippen LogP) is 5.18. The summed E-state index contributed by atoms with van der Waals surface area (Å²) in [6.07, 6.45) is 0. The normalized spacial score (nSPS) is 13.9. The van der Waals surface area contributed by atoms with Gasteiger partial charge in [0.2, 0.25) is 0 Å². The Hall–Kier alpha value is -2.54. The molecule has 1 heteroatoms. The van der Waals surface area contributed by atoms with Crippen molar-refractivity contribution < 1.29 is 0 Å². The molecule has 0 bridgehead atoms. The number of hydrogen-bond donors (Lipinski definition) is 0. The van der Waals surface area contributed by atoms with Gasteiger partial charge in [-0.25, -0.2) is 0 Å². The zero-order valence-electron chi connectivity index (χ0n) is 12.3. The lowest BCUT2D eigenvalue weighted by atomic mass is 9.90. The van der Waals surface area contributed by atoms with Gasteiger partial charge in [0.15, 0.2) is 0 Å². The van der Waals surface area contributed by atoms with Crippen LogP contribution in [-0.2, 0) is 0 Å². The van der Waals surface area contributed by atoms with Crippen LogP contribution in [0, 0.1) is 0 Å². The Morgan fingerprint density at radius 1 is 0.762 bits per heavy atom. The third kappa shape index (κ3) is 1.71. The Morgan fingerprint density at radius 2 is 1.48 bits per heavy atom. The highest BCUT2D eigenvalue weighted by Crippen LogP contribution is 2.43.